The number of rotatable bonds is 5. The van der Waals surface area contributed by atoms with Gasteiger partial charge in [-0.1, -0.05) is 13.3 Å². The molecule has 19 heavy (non-hydrogen) atoms. The summed E-state index contributed by atoms with van der Waals surface area (Å²) < 4.78 is 9.81. The largest absolute Gasteiger partial charge is 0.480 e. The summed E-state index contributed by atoms with van der Waals surface area (Å²) in [6, 6.07) is 3.44. The molecule has 5 nitrogen and oxygen atoms in total. The first-order valence-corrected chi connectivity index (χ1v) is 6.45. The summed E-state index contributed by atoms with van der Waals surface area (Å²) in [5, 5.41) is 3.30. The van der Waals surface area contributed by atoms with Crippen LogP contribution in [-0.4, -0.2) is 31.7 Å². The third kappa shape index (κ3) is 2.97. The van der Waals surface area contributed by atoms with Crippen molar-refractivity contribution >= 4 is 11.8 Å². The fourth-order valence-corrected chi connectivity index (χ4v) is 2.22. The van der Waals surface area contributed by atoms with Crippen molar-refractivity contribution in [2.24, 2.45) is 5.41 Å². The van der Waals surface area contributed by atoms with Gasteiger partial charge in [-0.2, -0.15) is 4.98 Å². The second-order valence-electron chi connectivity index (χ2n) is 5.26. The molecule has 104 valence electrons. The molecule has 0 saturated heterocycles. The highest BCUT2D eigenvalue weighted by atomic mass is 16.5. The van der Waals surface area contributed by atoms with Crippen LogP contribution in [0.4, 0.5) is 5.82 Å². The molecule has 2 rings (SSSR count). The lowest BCUT2D eigenvalue weighted by atomic mass is 9.70. The number of hydrogen-bond donors (Lipinski definition) is 1. The van der Waals surface area contributed by atoms with Gasteiger partial charge < -0.3 is 14.8 Å². The van der Waals surface area contributed by atoms with Gasteiger partial charge in [-0.15, -0.1) is 0 Å². The Hall–Kier alpha value is -1.78. The minimum absolute atomic E-state index is 0.288. The molecule has 0 aromatic carbocycles. The molecule has 1 aromatic rings. The number of esters is 1. The Morgan fingerprint density at radius 1 is 1.42 bits per heavy atom. The number of anilines is 1. The summed E-state index contributed by atoms with van der Waals surface area (Å²) >= 11 is 0. The fraction of sp³-hybridized carbons (Fsp3) is 0.571. The maximum Gasteiger partial charge on any atom is 0.343 e. The van der Waals surface area contributed by atoms with Crippen molar-refractivity contribution in [3.63, 3.8) is 0 Å². The van der Waals surface area contributed by atoms with E-state index in [1.165, 1.54) is 33.5 Å². The van der Waals surface area contributed by atoms with Gasteiger partial charge in [-0.3, -0.25) is 0 Å². The van der Waals surface area contributed by atoms with Crippen molar-refractivity contribution in [2.45, 2.75) is 26.2 Å². The van der Waals surface area contributed by atoms with Crippen molar-refractivity contribution in [3.8, 4) is 5.88 Å². The minimum atomic E-state index is -0.443. The number of carbonyl (C=O) groups is 1. The first kappa shape index (κ1) is 13.6. The van der Waals surface area contributed by atoms with Crippen LogP contribution < -0.4 is 10.1 Å². The van der Waals surface area contributed by atoms with E-state index in [-0.39, 0.29) is 5.88 Å². The average Bonchev–Trinajstić information content (AvgIpc) is 2.41. The Morgan fingerprint density at radius 2 is 2.16 bits per heavy atom. The Bertz CT molecular complexity index is 470. The molecule has 1 aliphatic carbocycles. The van der Waals surface area contributed by atoms with Crippen molar-refractivity contribution < 1.29 is 14.3 Å². The van der Waals surface area contributed by atoms with Crippen LogP contribution in [0.2, 0.25) is 0 Å². The third-order valence-corrected chi connectivity index (χ3v) is 3.72. The molecule has 1 fully saturated rings. The number of pyridine rings is 1. The van der Waals surface area contributed by atoms with E-state index in [0.29, 0.717) is 11.0 Å². The third-order valence-electron chi connectivity index (χ3n) is 3.72. The molecule has 5 heteroatoms. The Balaban J connectivity index is 2.08. The first-order valence-electron chi connectivity index (χ1n) is 6.45. The molecule has 1 N–H and O–H groups in total. The molecule has 0 bridgehead atoms. The number of methoxy groups -OCH3 is 2. The summed E-state index contributed by atoms with van der Waals surface area (Å²) in [5.41, 5.74) is 0.709. The SMILES string of the molecule is COC(=O)c1ccc(NCC2(C)CCC2)nc1OC. The summed E-state index contributed by atoms with van der Waals surface area (Å²) in [4.78, 5) is 15.8. The van der Waals surface area contributed by atoms with Crippen LogP contribution in [0.1, 0.15) is 36.5 Å². The highest BCUT2D eigenvalue weighted by Gasteiger charge is 2.31. The second kappa shape index (κ2) is 5.47. The topological polar surface area (TPSA) is 60.5 Å². The molecule has 1 aliphatic rings. The molecule has 1 heterocycles. The van der Waals surface area contributed by atoms with Gasteiger partial charge in [-0.25, -0.2) is 4.79 Å². The smallest absolute Gasteiger partial charge is 0.343 e. The summed E-state index contributed by atoms with van der Waals surface area (Å²) in [6.45, 7) is 3.16. The van der Waals surface area contributed by atoms with Crippen LogP contribution in [-0.2, 0) is 4.74 Å². The standard InChI is InChI=1S/C14H20N2O3/c1-14(7-4-8-14)9-15-11-6-5-10(13(17)19-3)12(16-11)18-2/h5-6H,4,7-9H2,1-3H3,(H,15,16). The normalized spacial score (nSPS) is 16.4. The van der Waals surface area contributed by atoms with Gasteiger partial charge in [0.1, 0.15) is 11.4 Å². The lowest BCUT2D eigenvalue weighted by Crippen LogP contribution is -2.33. The maximum absolute atomic E-state index is 11.5. The summed E-state index contributed by atoms with van der Waals surface area (Å²) in [7, 11) is 2.83. The van der Waals surface area contributed by atoms with E-state index in [4.69, 9.17) is 4.74 Å². The fourth-order valence-electron chi connectivity index (χ4n) is 2.22. The van der Waals surface area contributed by atoms with Gasteiger partial charge in [0.2, 0.25) is 5.88 Å². The molecule has 1 saturated carbocycles. The van der Waals surface area contributed by atoms with Gasteiger partial charge in [0.05, 0.1) is 14.2 Å². The summed E-state index contributed by atoms with van der Waals surface area (Å²) in [6.07, 6.45) is 3.80. The molecule has 0 aliphatic heterocycles. The predicted molar refractivity (Wildman–Crippen MR) is 72.6 cm³/mol. The number of nitrogens with one attached hydrogen (secondary N) is 1. The first-order chi connectivity index (χ1) is 9.08. The predicted octanol–water partition coefficient (Wildman–Crippen LogP) is 2.48. The Kier molecular flexibility index (Phi) is 3.93. The van der Waals surface area contributed by atoms with Gasteiger partial charge in [0.15, 0.2) is 0 Å². The molecule has 0 atom stereocenters. The number of aromatic nitrogens is 1. The van der Waals surface area contributed by atoms with Crippen molar-refractivity contribution in [3.05, 3.63) is 17.7 Å². The number of nitrogens with zero attached hydrogens (tertiary/aromatic N) is 1. The van der Waals surface area contributed by atoms with E-state index in [1.54, 1.807) is 12.1 Å². The number of carbonyl (C=O) groups excluding carboxylic acids is 1. The summed E-state index contributed by atoms with van der Waals surface area (Å²) in [5.74, 6) is 0.565. The molecule has 1 aromatic heterocycles. The molecular weight excluding hydrogens is 244 g/mol. The van der Waals surface area contributed by atoms with Crippen LogP contribution in [0.25, 0.3) is 0 Å². The van der Waals surface area contributed by atoms with Gasteiger partial charge >= 0.3 is 5.97 Å². The van der Waals surface area contributed by atoms with Crippen LogP contribution in [0, 0.1) is 5.41 Å². The molecular formula is C14H20N2O3. The zero-order valence-electron chi connectivity index (χ0n) is 11.7. The quantitative estimate of drug-likeness (QED) is 0.828. The van der Waals surface area contributed by atoms with E-state index < -0.39 is 5.97 Å². The molecule has 0 amide bonds. The highest BCUT2D eigenvalue weighted by Crippen LogP contribution is 2.40. The van der Waals surface area contributed by atoms with Crippen LogP contribution in [0.15, 0.2) is 12.1 Å². The Morgan fingerprint density at radius 3 is 2.68 bits per heavy atom. The average molecular weight is 264 g/mol. The van der Waals surface area contributed by atoms with Crippen LogP contribution in [0.5, 0.6) is 5.88 Å². The zero-order chi connectivity index (χ0) is 13.9. The highest BCUT2D eigenvalue weighted by molar-refractivity contribution is 5.92. The van der Waals surface area contributed by atoms with Crippen molar-refractivity contribution in [1.82, 2.24) is 4.98 Å². The van der Waals surface area contributed by atoms with Gasteiger partial charge in [0.25, 0.3) is 0 Å². The van der Waals surface area contributed by atoms with E-state index in [1.807, 2.05) is 0 Å². The maximum atomic E-state index is 11.5. The lowest BCUT2D eigenvalue weighted by Gasteiger charge is -2.38. The van der Waals surface area contributed by atoms with Crippen LogP contribution >= 0.6 is 0 Å². The van der Waals surface area contributed by atoms with E-state index in [9.17, 15) is 4.79 Å². The van der Waals surface area contributed by atoms with Gasteiger partial charge in [0, 0.05) is 6.54 Å². The second-order valence-corrected chi connectivity index (χ2v) is 5.26. The number of ether oxygens (including phenoxy) is 2. The van der Waals surface area contributed by atoms with Crippen LogP contribution in [0.3, 0.4) is 0 Å². The Labute approximate surface area is 113 Å². The molecule has 0 unspecified atom stereocenters. The molecule has 0 radical (unpaired) electrons. The van der Waals surface area contributed by atoms with Crippen molar-refractivity contribution in [2.75, 3.05) is 26.1 Å². The zero-order valence-corrected chi connectivity index (χ0v) is 11.7. The minimum Gasteiger partial charge on any atom is -0.480 e. The lowest BCUT2D eigenvalue weighted by molar-refractivity contribution is 0.0596. The monoisotopic (exact) mass is 264 g/mol. The molecule has 0 spiro atoms. The van der Waals surface area contributed by atoms with E-state index >= 15 is 0 Å². The van der Waals surface area contributed by atoms with Gasteiger partial charge in [-0.05, 0) is 30.4 Å². The van der Waals surface area contributed by atoms with Crippen molar-refractivity contribution in [1.29, 1.82) is 0 Å². The van der Waals surface area contributed by atoms with E-state index in [2.05, 4.69) is 22.0 Å². The van der Waals surface area contributed by atoms with E-state index in [0.717, 1.165) is 12.4 Å². The number of hydrogen-bond acceptors (Lipinski definition) is 5.